The van der Waals surface area contributed by atoms with Gasteiger partial charge in [-0.15, -0.1) is 0 Å². The van der Waals surface area contributed by atoms with Crippen molar-refractivity contribution in [2.24, 2.45) is 0 Å². The van der Waals surface area contributed by atoms with Crippen LogP contribution in [0, 0.1) is 0 Å². The van der Waals surface area contributed by atoms with Gasteiger partial charge in [0.1, 0.15) is 0 Å². The molecule has 1 aliphatic heterocycles. The lowest BCUT2D eigenvalue weighted by molar-refractivity contribution is 0.636. The number of rotatable bonds is 0. The van der Waals surface area contributed by atoms with E-state index in [-0.39, 0.29) is 0 Å². The van der Waals surface area contributed by atoms with Crippen LogP contribution in [0.4, 0.5) is 11.6 Å². The van der Waals surface area contributed by atoms with Gasteiger partial charge in [-0.05, 0) is 18.6 Å². The molecule has 1 aliphatic rings. The van der Waals surface area contributed by atoms with E-state index in [1.807, 2.05) is 18.5 Å². The lowest BCUT2D eigenvalue weighted by Crippen LogP contribution is -2.16. The van der Waals surface area contributed by atoms with Gasteiger partial charge in [0, 0.05) is 18.1 Å². The Morgan fingerprint density at radius 2 is 2.21 bits per heavy atom. The van der Waals surface area contributed by atoms with Gasteiger partial charge in [-0.1, -0.05) is 18.2 Å². The van der Waals surface area contributed by atoms with E-state index in [0.29, 0.717) is 6.04 Å². The normalized spacial score (nSPS) is 18.2. The van der Waals surface area contributed by atoms with Gasteiger partial charge in [-0.2, -0.15) is 0 Å². The molecule has 3 nitrogen and oxygen atoms in total. The van der Waals surface area contributed by atoms with Crippen LogP contribution >= 0.6 is 0 Å². The van der Waals surface area contributed by atoms with Crippen molar-refractivity contribution in [2.45, 2.75) is 13.0 Å². The highest BCUT2D eigenvalue weighted by atomic mass is 15.2. The summed E-state index contributed by atoms with van der Waals surface area (Å²) in [7, 11) is 0. The van der Waals surface area contributed by atoms with E-state index in [2.05, 4.69) is 40.0 Å². The summed E-state index contributed by atoms with van der Waals surface area (Å²) < 4.78 is 2.14. The van der Waals surface area contributed by atoms with E-state index >= 15 is 0 Å². The molecule has 2 heterocycles. The van der Waals surface area contributed by atoms with Gasteiger partial charge in [0.05, 0.1) is 6.04 Å². The van der Waals surface area contributed by atoms with Gasteiger partial charge in [-0.25, -0.2) is 4.98 Å². The predicted molar refractivity (Wildman–Crippen MR) is 55.8 cm³/mol. The maximum atomic E-state index is 4.26. The highest BCUT2D eigenvalue weighted by Crippen LogP contribution is 2.34. The second kappa shape index (κ2) is 2.61. The topological polar surface area (TPSA) is 29.9 Å². The third-order valence-electron chi connectivity index (χ3n) is 2.74. The van der Waals surface area contributed by atoms with Gasteiger partial charge in [0.25, 0.3) is 0 Å². The number of fused-ring (bicyclic) bond motifs is 2. The van der Waals surface area contributed by atoms with Gasteiger partial charge >= 0.3 is 0 Å². The van der Waals surface area contributed by atoms with Crippen LogP contribution in [0.25, 0.3) is 0 Å². The average molecular weight is 185 g/mol. The molecule has 3 heteroatoms. The van der Waals surface area contributed by atoms with Crippen molar-refractivity contribution in [1.29, 1.82) is 0 Å². The Balaban J connectivity index is 2.20. The van der Waals surface area contributed by atoms with E-state index in [1.54, 1.807) is 0 Å². The minimum absolute atomic E-state index is 0.366. The van der Waals surface area contributed by atoms with E-state index in [9.17, 15) is 0 Å². The van der Waals surface area contributed by atoms with Gasteiger partial charge in [-0.3, -0.25) is 0 Å². The van der Waals surface area contributed by atoms with Crippen LogP contribution in [-0.4, -0.2) is 9.55 Å². The molecule has 0 spiro atoms. The molecule has 1 unspecified atom stereocenters. The first kappa shape index (κ1) is 7.62. The number of imidazole rings is 1. The maximum Gasteiger partial charge on any atom is 0.207 e. The van der Waals surface area contributed by atoms with E-state index in [1.165, 1.54) is 11.3 Å². The third-order valence-corrected chi connectivity index (χ3v) is 2.74. The van der Waals surface area contributed by atoms with Crippen molar-refractivity contribution >= 4 is 11.6 Å². The van der Waals surface area contributed by atoms with Gasteiger partial charge in [0.2, 0.25) is 5.95 Å². The number of hydrogen-bond acceptors (Lipinski definition) is 2. The summed E-state index contributed by atoms with van der Waals surface area (Å²) in [6.07, 6.45) is 3.83. The summed E-state index contributed by atoms with van der Waals surface area (Å²) in [6.45, 7) is 2.19. The monoisotopic (exact) mass is 185 g/mol. The molecule has 0 saturated carbocycles. The Hall–Kier alpha value is -1.77. The first-order valence-electron chi connectivity index (χ1n) is 4.75. The minimum atomic E-state index is 0.366. The van der Waals surface area contributed by atoms with Crippen LogP contribution < -0.4 is 5.32 Å². The number of para-hydroxylation sites is 1. The molecule has 0 fully saturated rings. The smallest absolute Gasteiger partial charge is 0.207 e. The zero-order chi connectivity index (χ0) is 9.54. The molecule has 0 amide bonds. The van der Waals surface area contributed by atoms with Crippen LogP contribution in [0.15, 0.2) is 36.7 Å². The molecule has 0 saturated heterocycles. The summed E-state index contributed by atoms with van der Waals surface area (Å²) >= 11 is 0. The Labute approximate surface area is 82.4 Å². The number of nitrogens with one attached hydrogen (secondary N) is 1. The largest absolute Gasteiger partial charge is 0.325 e. The molecule has 2 aromatic rings. The molecule has 0 radical (unpaired) electrons. The fourth-order valence-corrected chi connectivity index (χ4v) is 1.97. The number of hydrogen-bond donors (Lipinski definition) is 1. The summed E-state index contributed by atoms with van der Waals surface area (Å²) in [5, 5.41) is 3.30. The number of aromatic nitrogens is 2. The molecule has 0 aliphatic carbocycles. The Morgan fingerprint density at radius 1 is 1.36 bits per heavy atom. The molecule has 1 aromatic carbocycles. The van der Waals surface area contributed by atoms with Crippen LogP contribution in [0.2, 0.25) is 0 Å². The Kier molecular flexibility index (Phi) is 1.42. The summed E-state index contributed by atoms with van der Waals surface area (Å²) in [5.41, 5.74) is 2.48. The Morgan fingerprint density at radius 3 is 3.14 bits per heavy atom. The highest BCUT2D eigenvalue weighted by molar-refractivity contribution is 5.63. The van der Waals surface area contributed by atoms with Crippen LogP contribution in [-0.2, 0) is 0 Å². The lowest BCUT2D eigenvalue weighted by Gasteiger charge is -2.25. The summed E-state index contributed by atoms with van der Waals surface area (Å²) in [6, 6.07) is 8.71. The van der Waals surface area contributed by atoms with Crippen LogP contribution in [0.3, 0.4) is 0 Å². The van der Waals surface area contributed by atoms with Crippen molar-refractivity contribution in [1.82, 2.24) is 9.55 Å². The van der Waals surface area contributed by atoms with Crippen molar-refractivity contribution in [3.05, 3.63) is 42.2 Å². The number of benzene rings is 1. The summed E-state index contributed by atoms with van der Waals surface area (Å²) in [5.74, 6) is 0.927. The molecule has 1 atom stereocenters. The molecule has 3 rings (SSSR count). The van der Waals surface area contributed by atoms with Crippen LogP contribution in [0.1, 0.15) is 18.5 Å². The van der Waals surface area contributed by atoms with Gasteiger partial charge in [0.15, 0.2) is 0 Å². The maximum absolute atomic E-state index is 4.26. The van der Waals surface area contributed by atoms with Crippen molar-refractivity contribution in [3.63, 3.8) is 0 Å². The Bertz CT molecular complexity index is 473. The van der Waals surface area contributed by atoms with Crippen molar-refractivity contribution in [2.75, 3.05) is 5.32 Å². The highest BCUT2D eigenvalue weighted by Gasteiger charge is 2.20. The molecule has 1 N–H and O–H groups in total. The molecule has 14 heavy (non-hydrogen) atoms. The molecular weight excluding hydrogens is 174 g/mol. The predicted octanol–water partition coefficient (Wildman–Crippen LogP) is 2.55. The molecule has 70 valence electrons. The van der Waals surface area contributed by atoms with E-state index in [0.717, 1.165) is 5.95 Å². The fourth-order valence-electron chi connectivity index (χ4n) is 1.97. The molecular formula is C11H11N3. The SMILES string of the molecule is CC1c2ccccc2Nc2nccn21. The zero-order valence-corrected chi connectivity index (χ0v) is 7.94. The second-order valence-electron chi connectivity index (χ2n) is 3.55. The average Bonchev–Trinajstić information content (AvgIpc) is 2.66. The third kappa shape index (κ3) is 0.894. The fraction of sp³-hybridized carbons (Fsp3) is 0.182. The minimum Gasteiger partial charge on any atom is -0.325 e. The second-order valence-corrected chi connectivity index (χ2v) is 3.55. The molecule has 0 bridgehead atoms. The number of anilines is 2. The standard InChI is InChI=1S/C11H11N3/c1-8-9-4-2-3-5-10(9)13-11-12-6-7-14(8)11/h2-8H,1H3,(H,12,13). The first-order valence-corrected chi connectivity index (χ1v) is 4.75. The van der Waals surface area contributed by atoms with E-state index in [4.69, 9.17) is 0 Å². The molecule has 1 aromatic heterocycles. The van der Waals surface area contributed by atoms with Crippen molar-refractivity contribution in [3.8, 4) is 0 Å². The van der Waals surface area contributed by atoms with Crippen LogP contribution in [0.5, 0.6) is 0 Å². The quantitative estimate of drug-likeness (QED) is 0.683. The van der Waals surface area contributed by atoms with E-state index < -0.39 is 0 Å². The zero-order valence-electron chi connectivity index (χ0n) is 7.94. The van der Waals surface area contributed by atoms with Crippen molar-refractivity contribution < 1.29 is 0 Å². The first-order chi connectivity index (χ1) is 6.86. The lowest BCUT2D eigenvalue weighted by atomic mass is 10.0. The number of nitrogens with zero attached hydrogens (tertiary/aromatic N) is 2. The summed E-state index contributed by atoms with van der Waals surface area (Å²) in [4.78, 5) is 4.26. The van der Waals surface area contributed by atoms with Gasteiger partial charge < -0.3 is 9.88 Å².